The molecule has 2 aromatic rings. The van der Waals surface area contributed by atoms with Crippen LogP contribution in [0.2, 0.25) is 0 Å². The minimum atomic E-state index is 0.146. The highest BCUT2D eigenvalue weighted by Crippen LogP contribution is 2.19. The van der Waals surface area contributed by atoms with Gasteiger partial charge in [0.15, 0.2) is 11.0 Å². The summed E-state index contributed by atoms with van der Waals surface area (Å²) in [6.07, 6.45) is 2.73. The first-order valence-electron chi connectivity index (χ1n) is 7.88. The van der Waals surface area contributed by atoms with Crippen LogP contribution in [-0.4, -0.2) is 52.1 Å². The van der Waals surface area contributed by atoms with Crippen LogP contribution in [-0.2, 0) is 11.2 Å². The van der Waals surface area contributed by atoms with Gasteiger partial charge in [0.1, 0.15) is 0 Å². The van der Waals surface area contributed by atoms with Crippen molar-refractivity contribution in [2.75, 3.05) is 31.1 Å². The third-order valence-corrected chi connectivity index (χ3v) is 4.71. The Morgan fingerprint density at radius 3 is 2.74 bits per heavy atom. The van der Waals surface area contributed by atoms with Crippen molar-refractivity contribution in [3.05, 3.63) is 23.3 Å². The number of hydrogen-bond acceptors (Lipinski definition) is 7. The van der Waals surface area contributed by atoms with Crippen LogP contribution in [0.15, 0.2) is 16.1 Å². The fourth-order valence-corrected chi connectivity index (χ4v) is 3.19. The standard InChI is InChI=1S/C15H21N5O2S/c1-11(2)14-17-12(22-18-14)3-4-13(21)19-6-8-20(9-7-19)15-16-5-10-23-15/h5,10-11H,3-4,6-9H2,1-2H3. The highest BCUT2D eigenvalue weighted by Gasteiger charge is 2.22. The zero-order valence-electron chi connectivity index (χ0n) is 13.4. The van der Waals surface area contributed by atoms with Crippen molar-refractivity contribution in [1.29, 1.82) is 0 Å². The number of carbonyl (C=O) groups excluding carboxylic acids is 1. The summed E-state index contributed by atoms with van der Waals surface area (Å²) >= 11 is 1.63. The second-order valence-corrected chi connectivity index (χ2v) is 6.76. The van der Waals surface area contributed by atoms with Crippen molar-refractivity contribution in [3.8, 4) is 0 Å². The van der Waals surface area contributed by atoms with Gasteiger partial charge in [0.2, 0.25) is 11.8 Å². The highest BCUT2D eigenvalue weighted by molar-refractivity contribution is 7.13. The lowest BCUT2D eigenvalue weighted by atomic mass is 10.2. The summed E-state index contributed by atoms with van der Waals surface area (Å²) < 4.78 is 5.18. The van der Waals surface area contributed by atoms with Crippen molar-refractivity contribution in [2.45, 2.75) is 32.6 Å². The number of carbonyl (C=O) groups is 1. The van der Waals surface area contributed by atoms with Gasteiger partial charge in [-0.15, -0.1) is 11.3 Å². The topological polar surface area (TPSA) is 75.4 Å². The third kappa shape index (κ3) is 3.87. The van der Waals surface area contributed by atoms with Crippen LogP contribution in [0.3, 0.4) is 0 Å². The second kappa shape index (κ2) is 7.08. The number of amides is 1. The molecular formula is C15H21N5O2S. The van der Waals surface area contributed by atoms with E-state index >= 15 is 0 Å². The van der Waals surface area contributed by atoms with Crippen molar-refractivity contribution in [1.82, 2.24) is 20.0 Å². The van der Waals surface area contributed by atoms with Gasteiger partial charge < -0.3 is 14.3 Å². The van der Waals surface area contributed by atoms with Crippen LogP contribution in [0, 0.1) is 0 Å². The Morgan fingerprint density at radius 1 is 1.35 bits per heavy atom. The zero-order valence-corrected chi connectivity index (χ0v) is 14.3. The summed E-state index contributed by atoms with van der Waals surface area (Å²) in [7, 11) is 0. The van der Waals surface area contributed by atoms with Crippen molar-refractivity contribution < 1.29 is 9.32 Å². The molecule has 1 fully saturated rings. The summed E-state index contributed by atoms with van der Waals surface area (Å²) in [5.74, 6) is 1.63. The van der Waals surface area contributed by atoms with Gasteiger partial charge in [-0.1, -0.05) is 19.0 Å². The molecule has 8 heteroatoms. The number of aromatic nitrogens is 3. The molecule has 3 heterocycles. The Bertz CT molecular complexity index is 632. The van der Waals surface area contributed by atoms with Crippen LogP contribution in [0.4, 0.5) is 5.13 Å². The number of nitrogens with zero attached hydrogens (tertiary/aromatic N) is 5. The van der Waals surface area contributed by atoms with E-state index in [1.165, 1.54) is 0 Å². The van der Waals surface area contributed by atoms with E-state index in [0.717, 1.165) is 31.3 Å². The molecule has 0 spiro atoms. The largest absolute Gasteiger partial charge is 0.345 e. The molecule has 1 aliphatic heterocycles. The lowest BCUT2D eigenvalue weighted by Gasteiger charge is -2.34. The van der Waals surface area contributed by atoms with Crippen LogP contribution in [0.5, 0.6) is 0 Å². The van der Waals surface area contributed by atoms with E-state index in [1.54, 1.807) is 11.3 Å². The molecule has 1 saturated heterocycles. The fourth-order valence-electron chi connectivity index (χ4n) is 2.50. The summed E-state index contributed by atoms with van der Waals surface area (Å²) in [6, 6.07) is 0. The van der Waals surface area contributed by atoms with Crippen molar-refractivity contribution >= 4 is 22.4 Å². The molecule has 23 heavy (non-hydrogen) atoms. The minimum absolute atomic E-state index is 0.146. The van der Waals surface area contributed by atoms with Gasteiger partial charge in [0, 0.05) is 56.5 Å². The molecule has 0 aliphatic carbocycles. The summed E-state index contributed by atoms with van der Waals surface area (Å²) in [4.78, 5) is 25.1. The predicted molar refractivity (Wildman–Crippen MR) is 87.6 cm³/mol. The SMILES string of the molecule is CC(C)c1noc(CCC(=O)N2CCN(c3nccs3)CC2)n1. The Morgan fingerprint density at radius 2 is 2.13 bits per heavy atom. The van der Waals surface area contributed by atoms with E-state index in [-0.39, 0.29) is 11.8 Å². The van der Waals surface area contributed by atoms with Crippen LogP contribution in [0.1, 0.15) is 37.9 Å². The molecule has 0 aromatic carbocycles. The number of rotatable bonds is 5. The summed E-state index contributed by atoms with van der Waals surface area (Å²) in [5, 5.41) is 6.93. The van der Waals surface area contributed by atoms with Gasteiger partial charge in [-0.05, 0) is 0 Å². The maximum absolute atomic E-state index is 12.3. The smallest absolute Gasteiger partial charge is 0.227 e. The molecule has 0 unspecified atom stereocenters. The van der Waals surface area contributed by atoms with Crippen molar-refractivity contribution in [3.63, 3.8) is 0 Å². The summed E-state index contributed by atoms with van der Waals surface area (Å²) in [5.41, 5.74) is 0. The van der Waals surface area contributed by atoms with Crippen LogP contribution >= 0.6 is 11.3 Å². The number of anilines is 1. The molecular weight excluding hydrogens is 314 g/mol. The molecule has 0 saturated carbocycles. The first-order chi connectivity index (χ1) is 11.1. The number of thiazole rings is 1. The van der Waals surface area contributed by atoms with Crippen molar-refractivity contribution in [2.24, 2.45) is 0 Å². The molecule has 0 radical (unpaired) electrons. The Kier molecular flexibility index (Phi) is 4.90. The van der Waals surface area contributed by atoms with E-state index in [1.807, 2.05) is 30.3 Å². The molecule has 3 rings (SSSR count). The minimum Gasteiger partial charge on any atom is -0.345 e. The van der Waals surface area contributed by atoms with Crippen LogP contribution < -0.4 is 4.90 Å². The average Bonchev–Trinajstić information content (AvgIpc) is 3.24. The van der Waals surface area contributed by atoms with Gasteiger partial charge in [-0.2, -0.15) is 4.98 Å². The molecule has 0 bridgehead atoms. The highest BCUT2D eigenvalue weighted by atomic mass is 32.1. The molecule has 2 aromatic heterocycles. The average molecular weight is 335 g/mol. The van der Waals surface area contributed by atoms with E-state index in [0.29, 0.717) is 24.6 Å². The van der Waals surface area contributed by atoms with E-state index in [2.05, 4.69) is 20.0 Å². The van der Waals surface area contributed by atoms with Crippen LogP contribution in [0.25, 0.3) is 0 Å². The monoisotopic (exact) mass is 335 g/mol. The Labute approximate surface area is 139 Å². The van der Waals surface area contributed by atoms with Gasteiger partial charge in [-0.3, -0.25) is 4.79 Å². The van der Waals surface area contributed by atoms with Gasteiger partial charge >= 0.3 is 0 Å². The van der Waals surface area contributed by atoms with E-state index in [9.17, 15) is 4.79 Å². The quantitative estimate of drug-likeness (QED) is 0.831. The maximum Gasteiger partial charge on any atom is 0.227 e. The zero-order chi connectivity index (χ0) is 16.2. The number of piperazine rings is 1. The molecule has 7 nitrogen and oxygen atoms in total. The van der Waals surface area contributed by atoms with E-state index < -0.39 is 0 Å². The molecule has 124 valence electrons. The second-order valence-electron chi connectivity index (χ2n) is 5.88. The Balaban J connectivity index is 1.46. The third-order valence-electron chi connectivity index (χ3n) is 3.88. The summed E-state index contributed by atoms with van der Waals surface area (Å²) in [6.45, 7) is 7.16. The number of hydrogen-bond donors (Lipinski definition) is 0. The van der Waals surface area contributed by atoms with Gasteiger partial charge in [0.25, 0.3) is 0 Å². The lowest BCUT2D eigenvalue weighted by molar-refractivity contribution is -0.131. The number of aryl methyl sites for hydroxylation is 1. The lowest BCUT2D eigenvalue weighted by Crippen LogP contribution is -2.48. The molecule has 1 aliphatic rings. The Hall–Kier alpha value is -1.96. The normalized spacial score (nSPS) is 15.4. The first kappa shape index (κ1) is 15.9. The maximum atomic E-state index is 12.3. The molecule has 0 N–H and O–H groups in total. The molecule has 1 amide bonds. The molecule has 0 atom stereocenters. The first-order valence-corrected chi connectivity index (χ1v) is 8.76. The fraction of sp³-hybridized carbons (Fsp3) is 0.600. The van der Waals surface area contributed by atoms with Gasteiger partial charge in [-0.25, -0.2) is 4.98 Å². The predicted octanol–water partition coefficient (Wildman–Crippen LogP) is 1.93. The van der Waals surface area contributed by atoms with Gasteiger partial charge in [0.05, 0.1) is 0 Å². The van der Waals surface area contributed by atoms with E-state index in [4.69, 9.17) is 4.52 Å².